The van der Waals surface area contributed by atoms with E-state index in [1.807, 2.05) is 0 Å². The summed E-state index contributed by atoms with van der Waals surface area (Å²) in [5.74, 6) is -0.384. The third-order valence-corrected chi connectivity index (χ3v) is 0.888. The van der Waals surface area contributed by atoms with Crippen LogP contribution in [0.4, 0.5) is 0 Å². The van der Waals surface area contributed by atoms with E-state index in [0.29, 0.717) is 0 Å². The number of aliphatic hydroxyl groups excluding tert-OH is 1. The standard InChI is InChI=1S/C5H7ClO2/c1-3(6)5(8)4(2)7/h5,8H,1H2,2H3. The predicted molar refractivity (Wildman–Crippen MR) is 31.7 cm³/mol. The number of Topliss-reactive ketones (excluding diaryl/α,β-unsaturated/α-hetero) is 1. The lowest BCUT2D eigenvalue weighted by atomic mass is 10.2. The van der Waals surface area contributed by atoms with Crippen molar-refractivity contribution in [3.8, 4) is 0 Å². The van der Waals surface area contributed by atoms with Crippen LogP contribution in [-0.2, 0) is 4.79 Å². The number of ketones is 1. The SMILES string of the molecule is C=C(Cl)C(O)C(C)=O. The summed E-state index contributed by atoms with van der Waals surface area (Å²) in [7, 11) is 0. The molecule has 3 heteroatoms. The van der Waals surface area contributed by atoms with Crippen molar-refractivity contribution in [3.05, 3.63) is 11.6 Å². The fourth-order valence-electron chi connectivity index (χ4n) is 0.221. The molecule has 0 saturated heterocycles. The second-order valence-electron chi connectivity index (χ2n) is 1.46. The van der Waals surface area contributed by atoms with Gasteiger partial charge in [-0.1, -0.05) is 18.2 Å². The van der Waals surface area contributed by atoms with Gasteiger partial charge in [0.2, 0.25) is 0 Å². The Hall–Kier alpha value is -0.340. The third kappa shape index (κ3) is 2.09. The molecule has 1 unspecified atom stereocenters. The Bertz CT molecular complexity index is 106. The van der Waals surface area contributed by atoms with Crippen LogP contribution in [0.15, 0.2) is 11.6 Å². The monoisotopic (exact) mass is 134 g/mol. The van der Waals surface area contributed by atoms with Crippen LogP contribution in [-0.4, -0.2) is 17.0 Å². The summed E-state index contributed by atoms with van der Waals surface area (Å²) < 4.78 is 0. The number of rotatable bonds is 2. The van der Waals surface area contributed by atoms with Gasteiger partial charge >= 0.3 is 0 Å². The number of carbonyl (C=O) groups is 1. The molecule has 0 rings (SSSR count). The van der Waals surface area contributed by atoms with E-state index in [1.165, 1.54) is 6.92 Å². The van der Waals surface area contributed by atoms with Gasteiger partial charge in [-0.05, 0) is 6.92 Å². The number of aliphatic hydroxyl groups is 1. The first-order valence-electron chi connectivity index (χ1n) is 2.08. The molecule has 0 spiro atoms. The second kappa shape index (κ2) is 2.84. The number of hydrogen-bond acceptors (Lipinski definition) is 2. The van der Waals surface area contributed by atoms with Crippen molar-refractivity contribution in [3.63, 3.8) is 0 Å². The highest BCUT2D eigenvalue weighted by atomic mass is 35.5. The molecule has 0 saturated carbocycles. The summed E-state index contributed by atoms with van der Waals surface area (Å²) in [6.07, 6.45) is -1.20. The second-order valence-corrected chi connectivity index (χ2v) is 1.95. The van der Waals surface area contributed by atoms with E-state index < -0.39 is 6.10 Å². The molecule has 46 valence electrons. The van der Waals surface area contributed by atoms with Crippen molar-refractivity contribution in [2.75, 3.05) is 0 Å². The maximum atomic E-state index is 10.2. The molecular formula is C5H7ClO2. The lowest BCUT2D eigenvalue weighted by Crippen LogP contribution is -2.15. The minimum atomic E-state index is -1.20. The van der Waals surface area contributed by atoms with Crippen LogP contribution in [0.1, 0.15) is 6.92 Å². The zero-order valence-corrected chi connectivity index (χ0v) is 5.27. The molecule has 0 bridgehead atoms. The fraction of sp³-hybridized carbons (Fsp3) is 0.400. The minimum Gasteiger partial charge on any atom is -0.380 e. The molecule has 0 radical (unpaired) electrons. The van der Waals surface area contributed by atoms with Gasteiger partial charge < -0.3 is 5.11 Å². The Kier molecular flexibility index (Phi) is 2.72. The maximum Gasteiger partial charge on any atom is 0.163 e. The topological polar surface area (TPSA) is 37.3 Å². The van der Waals surface area contributed by atoms with Crippen molar-refractivity contribution < 1.29 is 9.90 Å². The Morgan fingerprint density at radius 1 is 1.88 bits per heavy atom. The van der Waals surface area contributed by atoms with E-state index in [-0.39, 0.29) is 10.8 Å². The molecule has 0 aliphatic rings. The summed E-state index contributed by atoms with van der Waals surface area (Å²) in [5, 5.41) is 8.59. The van der Waals surface area contributed by atoms with E-state index in [1.54, 1.807) is 0 Å². The average Bonchev–Trinajstić information content (AvgIpc) is 1.64. The van der Waals surface area contributed by atoms with Gasteiger partial charge in [0, 0.05) is 5.03 Å². The summed E-state index contributed by atoms with van der Waals surface area (Å²) in [5.41, 5.74) is 0. The van der Waals surface area contributed by atoms with Gasteiger partial charge in [0.05, 0.1) is 0 Å². The van der Waals surface area contributed by atoms with Gasteiger partial charge in [-0.2, -0.15) is 0 Å². The van der Waals surface area contributed by atoms with Crippen molar-refractivity contribution in [1.29, 1.82) is 0 Å². The first-order valence-corrected chi connectivity index (χ1v) is 2.46. The molecule has 0 amide bonds. The number of hydrogen-bond donors (Lipinski definition) is 1. The highest BCUT2D eigenvalue weighted by Crippen LogP contribution is 2.03. The first kappa shape index (κ1) is 7.66. The number of carbonyl (C=O) groups excluding carboxylic acids is 1. The van der Waals surface area contributed by atoms with Gasteiger partial charge in [0.1, 0.15) is 6.10 Å². The summed E-state index contributed by atoms with van der Waals surface area (Å²) in [6.45, 7) is 4.42. The Morgan fingerprint density at radius 3 is 2.25 bits per heavy atom. The zero-order chi connectivity index (χ0) is 6.73. The molecule has 0 heterocycles. The lowest BCUT2D eigenvalue weighted by molar-refractivity contribution is -0.122. The van der Waals surface area contributed by atoms with Crippen molar-refractivity contribution >= 4 is 17.4 Å². The van der Waals surface area contributed by atoms with Gasteiger partial charge in [0.25, 0.3) is 0 Å². The molecule has 0 aromatic rings. The molecule has 0 aliphatic heterocycles. The quantitative estimate of drug-likeness (QED) is 0.604. The van der Waals surface area contributed by atoms with Gasteiger partial charge in [-0.15, -0.1) is 0 Å². The normalized spacial score (nSPS) is 12.9. The van der Waals surface area contributed by atoms with Crippen LogP contribution in [0, 0.1) is 0 Å². The Balaban J connectivity index is 3.83. The average molecular weight is 135 g/mol. The summed E-state index contributed by atoms with van der Waals surface area (Å²) in [6, 6.07) is 0. The Morgan fingerprint density at radius 2 is 2.25 bits per heavy atom. The molecule has 0 aromatic heterocycles. The molecule has 0 aliphatic carbocycles. The fourth-order valence-corrected chi connectivity index (χ4v) is 0.374. The van der Waals surface area contributed by atoms with Gasteiger partial charge in [-0.25, -0.2) is 0 Å². The number of halogens is 1. The van der Waals surface area contributed by atoms with Gasteiger partial charge in [-0.3, -0.25) is 4.79 Å². The van der Waals surface area contributed by atoms with E-state index in [4.69, 9.17) is 16.7 Å². The van der Waals surface area contributed by atoms with Crippen molar-refractivity contribution in [1.82, 2.24) is 0 Å². The van der Waals surface area contributed by atoms with Crippen LogP contribution in [0.5, 0.6) is 0 Å². The molecule has 0 fully saturated rings. The van der Waals surface area contributed by atoms with Crippen LogP contribution in [0.3, 0.4) is 0 Å². The smallest absolute Gasteiger partial charge is 0.163 e. The Labute approximate surface area is 52.8 Å². The van der Waals surface area contributed by atoms with Crippen LogP contribution >= 0.6 is 11.6 Å². The predicted octanol–water partition coefficient (Wildman–Crippen LogP) is 0.689. The van der Waals surface area contributed by atoms with E-state index >= 15 is 0 Å². The molecular weight excluding hydrogens is 128 g/mol. The van der Waals surface area contributed by atoms with Crippen LogP contribution in [0.2, 0.25) is 0 Å². The van der Waals surface area contributed by atoms with Crippen molar-refractivity contribution in [2.45, 2.75) is 13.0 Å². The molecule has 8 heavy (non-hydrogen) atoms. The lowest BCUT2D eigenvalue weighted by Gasteiger charge is -2.00. The highest BCUT2D eigenvalue weighted by Gasteiger charge is 2.10. The highest BCUT2D eigenvalue weighted by molar-refractivity contribution is 6.31. The minimum absolute atomic E-state index is 0.0301. The van der Waals surface area contributed by atoms with Gasteiger partial charge in [0.15, 0.2) is 5.78 Å². The summed E-state index contributed by atoms with van der Waals surface area (Å²) >= 11 is 5.16. The molecule has 0 aromatic carbocycles. The molecule has 1 atom stereocenters. The zero-order valence-electron chi connectivity index (χ0n) is 4.52. The van der Waals surface area contributed by atoms with Crippen molar-refractivity contribution in [2.24, 2.45) is 0 Å². The third-order valence-electron chi connectivity index (χ3n) is 0.682. The van der Waals surface area contributed by atoms with E-state index in [0.717, 1.165) is 0 Å². The maximum absolute atomic E-state index is 10.2. The first-order chi connectivity index (χ1) is 3.55. The largest absolute Gasteiger partial charge is 0.380 e. The van der Waals surface area contributed by atoms with E-state index in [2.05, 4.69) is 6.58 Å². The summed E-state index contributed by atoms with van der Waals surface area (Å²) in [4.78, 5) is 10.2. The molecule has 2 nitrogen and oxygen atoms in total. The van der Waals surface area contributed by atoms with Crippen LogP contribution < -0.4 is 0 Å². The van der Waals surface area contributed by atoms with E-state index in [9.17, 15) is 4.79 Å². The molecule has 1 N–H and O–H groups in total. The van der Waals surface area contributed by atoms with Crippen LogP contribution in [0.25, 0.3) is 0 Å².